The van der Waals surface area contributed by atoms with Gasteiger partial charge in [0.2, 0.25) is 0 Å². The number of pyridine rings is 1. The number of nitrogens with one attached hydrogen (secondary N) is 1. The van der Waals surface area contributed by atoms with Crippen molar-refractivity contribution in [2.45, 2.75) is 26.0 Å². The molecule has 1 aromatic carbocycles. The smallest absolute Gasteiger partial charge is 0.258 e. The van der Waals surface area contributed by atoms with Crippen LogP contribution in [0.4, 0.5) is 5.82 Å². The standard InChI is InChI=1S/C20H23N5O2/c1-14-23-20(27-24-14)16-6-8-21-19(10-16)22-11-18(26)13-25-9-7-15-4-2-3-5-17(15)12-25/h2-6,8,10,18,26H,7,9,11-13H2,1H3,(H,21,22). The summed E-state index contributed by atoms with van der Waals surface area (Å²) in [4.78, 5) is 10.8. The van der Waals surface area contributed by atoms with Crippen LogP contribution in [0.15, 0.2) is 47.1 Å². The summed E-state index contributed by atoms with van der Waals surface area (Å²) in [6.45, 7) is 4.69. The summed E-state index contributed by atoms with van der Waals surface area (Å²) in [6.07, 6.45) is 2.24. The molecule has 0 bridgehead atoms. The Labute approximate surface area is 158 Å². The number of aliphatic hydroxyl groups excluding tert-OH is 1. The van der Waals surface area contributed by atoms with Crippen LogP contribution in [-0.4, -0.2) is 50.9 Å². The SMILES string of the molecule is Cc1noc(-c2ccnc(NCC(O)CN3CCc4ccccc4C3)c2)n1. The molecule has 3 aromatic rings. The van der Waals surface area contributed by atoms with Crippen LogP contribution >= 0.6 is 0 Å². The number of rotatable bonds is 6. The van der Waals surface area contributed by atoms with Crippen LogP contribution in [0.3, 0.4) is 0 Å². The third kappa shape index (κ3) is 4.32. The fraction of sp³-hybridized carbons (Fsp3) is 0.350. The number of β-amino-alcohol motifs (C(OH)–C–C–N with tert-alkyl or cyclic N) is 1. The van der Waals surface area contributed by atoms with E-state index in [9.17, 15) is 5.11 Å². The van der Waals surface area contributed by atoms with Crippen molar-refractivity contribution >= 4 is 5.82 Å². The maximum atomic E-state index is 10.4. The topological polar surface area (TPSA) is 87.3 Å². The van der Waals surface area contributed by atoms with Crippen LogP contribution in [0.25, 0.3) is 11.5 Å². The first-order chi connectivity index (χ1) is 13.2. The molecule has 1 aliphatic rings. The van der Waals surface area contributed by atoms with Crippen LogP contribution in [0.5, 0.6) is 0 Å². The molecule has 1 unspecified atom stereocenters. The molecule has 4 rings (SSSR count). The van der Waals surface area contributed by atoms with E-state index in [-0.39, 0.29) is 0 Å². The molecule has 7 heteroatoms. The van der Waals surface area contributed by atoms with Gasteiger partial charge < -0.3 is 14.9 Å². The molecule has 0 saturated heterocycles. The first kappa shape index (κ1) is 17.6. The van der Waals surface area contributed by atoms with Crippen molar-refractivity contribution in [3.05, 3.63) is 59.5 Å². The van der Waals surface area contributed by atoms with E-state index in [0.717, 1.165) is 25.1 Å². The second-order valence-corrected chi connectivity index (χ2v) is 6.87. The highest BCUT2D eigenvalue weighted by molar-refractivity contribution is 5.57. The minimum absolute atomic E-state index is 0.428. The largest absolute Gasteiger partial charge is 0.390 e. The van der Waals surface area contributed by atoms with Gasteiger partial charge in [0.1, 0.15) is 5.82 Å². The zero-order valence-electron chi connectivity index (χ0n) is 15.3. The molecular weight excluding hydrogens is 342 g/mol. The first-order valence-electron chi connectivity index (χ1n) is 9.15. The van der Waals surface area contributed by atoms with Gasteiger partial charge in [-0.1, -0.05) is 29.4 Å². The van der Waals surface area contributed by atoms with Crippen LogP contribution in [-0.2, 0) is 13.0 Å². The van der Waals surface area contributed by atoms with E-state index in [1.165, 1.54) is 11.1 Å². The third-order valence-electron chi connectivity index (χ3n) is 4.73. The van der Waals surface area contributed by atoms with E-state index >= 15 is 0 Å². The molecule has 0 fully saturated rings. The van der Waals surface area contributed by atoms with Crippen LogP contribution < -0.4 is 5.32 Å². The van der Waals surface area contributed by atoms with E-state index in [1.807, 2.05) is 12.1 Å². The maximum absolute atomic E-state index is 10.4. The second kappa shape index (κ2) is 7.85. The molecule has 0 radical (unpaired) electrons. The summed E-state index contributed by atoms with van der Waals surface area (Å²) < 4.78 is 5.19. The highest BCUT2D eigenvalue weighted by atomic mass is 16.5. The summed E-state index contributed by atoms with van der Waals surface area (Å²) in [6, 6.07) is 12.2. The zero-order valence-corrected chi connectivity index (χ0v) is 15.3. The molecule has 2 N–H and O–H groups in total. The lowest BCUT2D eigenvalue weighted by Gasteiger charge is -2.30. The van der Waals surface area contributed by atoms with E-state index in [0.29, 0.717) is 30.6 Å². The Hall–Kier alpha value is -2.77. The van der Waals surface area contributed by atoms with Gasteiger partial charge in [0, 0.05) is 37.9 Å². The molecule has 140 valence electrons. The van der Waals surface area contributed by atoms with Gasteiger partial charge in [-0.2, -0.15) is 4.98 Å². The minimum atomic E-state index is -0.480. The summed E-state index contributed by atoms with van der Waals surface area (Å²) in [5.74, 6) is 1.73. The first-order valence-corrected chi connectivity index (χ1v) is 9.15. The summed E-state index contributed by atoms with van der Waals surface area (Å²) >= 11 is 0. The van der Waals surface area contributed by atoms with E-state index in [1.54, 1.807) is 13.1 Å². The Morgan fingerprint density at radius 1 is 1.26 bits per heavy atom. The Morgan fingerprint density at radius 2 is 2.11 bits per heavy atom. The molecule has 1 aliphatic heterocycles. The van der Waals surface area contributed by atoms with Crippen molar-refractivity contribution in [1.82, 2.24) is 20.0 Å². The fourth-order valence-electron chi connectivity index (χ4n) is 3.37. The third-order valence-corrected chi connectivity index (χ3v) is 4.73. The lowest BCUT2D eigenvalue weighted by molar-refractivity contribution is 0.114. The second-order valence-electron chi connectivity index (χ2n) is 6.87. The quantitative estimate of drug-likeness (QED) is 0.693. The number of aryl methyl sites for hydroxylation is 1. The normalized spacial score (nSPS) is 15.3. The molecule has 27 heavy (non-hydrogen) atoms. The van der Waals surface area contributed by atoms with E-state index < -0.39 is 6.10 Å². The average Bonchev–Trinajstić information content (AvgIpc) is 3.13. The average molecular weight is 365 g/mol. The molecule has 0 amide bonds. The molecule has 0 aliphatic carbocycles. The summed E-state index contributed by atoms with van der Waals surface area (Å²) in [5.41, 5.74) is 3.57. The number of aromatic nitrogens is 3. The number of aliphatic hydroxyl groups is 1. The number of benzene rings is 1. The van der Waals surface area contributed by atoms with Crippen molar-refractivity contribution in [1.29, 1.82) is 0 Å². The van der Waals surface area contributed by atoms with Crippen molar-refractivity contribution in [2.75, 3.05) is 25.0 Å². The molecule has 2 aromatic heterocycles. The highest BCUT2D eigenvalue weighted by Gasteiger charge is 2.18. The number of hydrogen-bond acceptors (Lipinski definition) is 7. The van der Waals surface area contributed by atoms with Gasteiger partial charge in [0.15, 0.2) is 5.82 Å². The fourth-order valence-corrected chi connectivity index (χ4v) is 3.37. The van der Waals surface area contributed by atoms with Gasteiger partial charge in [-0.3, -0.25) is 4.90 Å². The molecule has 3 heterocycles. The predicted octanol–water partition coefficient (Wildman–Crippen LogP) is 2.27. The molecule has 7 nitrogen and oxygen atoms in total. The van der Waals surface area contributed by atoms with Gasteiger partial charge in [-0.15, -0.1) is 0 Å². The van der Waals surface area contributed by atoms with Crippen LogP contribution in [0.1, 0.15) is 17.0 Å². The Kier molecular flexibility index (Phi) is 5.13. The number of fused-ring (bicyclic) bond motifs is 1. The lowest BCUT2D eigenvalue weighted by Crippen LogP contribution is -2.39. The predicted molar refractivity (Wildman–Crippen MR) is 102 cm³/mol. The van der Waals surface area contributed by atoms with Gasteiger partial charge in [0.05, 0.1) is 6.10 Å². The van der Waals surface area contributed by atoms with Crippen molar-refractivity contribution in [3.63, 3.8) is 0 Å². The lowest BCUT2D eigenvalue weighted by atomic mass is 10.00. The van der Waals surface area contributed by atoms with Crippen LogP contribution in [0, 0.1) is 6.92 Å². The minimum Gasteiger partial charge on any atom is -0.390 e. The van der Waals surface area contributed by atoms with Crippen molar-refractivity contribution < 1.29 is 9.63 Å². The molecule has 0 spiro atoms. The van der Waals surface area contributed by atoms with E-state index in [2.05, 4.69) is 49.6 Å². The Bertz CT molecular complexity index is 911. The van der Waals surface area contributed by atoms with Crippen molar-refractivity contribution in [2.24, 2.45) is 0 Å². The van der Waals surface area contributed by atoms with E-state index in [4.69, 9.17) is 4.52 Å². The van der Waals surface area contributed by atoms with Gasteiger partial charge in [-0.05, 0) is 36.6 Å². The number of anilines is 1. The summed E-state index contributed by atoms with van der Waals surface area (Å²) in [7, 11) is 0. The Balaban J connectivity index is 1.31. The number of hydrogen-bond donors (Lipinski definition) is 2. The molecular formula is C20H23N5O2. The van der Waals surface area contributed by atoms with Gasteiger partial charge in [-0.25, -0.2) is 4.98 Å². The molecule has 1 atom stereocenters. The maximum Gasteiger partial charge on any atom is 0.258 e. The monoisotopic (exact) mass is 365 g/mol. The Morgan fingerprint density at radius 3 is 2.93 bits per heavy atom. The van der Waals surface area contributed by atoms with Crippen LogP contribution in [0.2, 0.25) is 0 Å². The summed E-state index contributed by atoms with van der Waals surface area (Å²) in [5, 5.41) is 17.4. The zero-order chi connectivity index (χ0) is 18.6. The van der Waals surface area contributed by atoms with Gasteiger partial charge >= 0.3 is 0 Å². The molecule has 0 saturated carbocycles. The van der Waals surface area contributed by atoms with Gasteiger partial charge in [0.25, 0.3) is 5.89 Å². The van der Waals surface area contributed by atoms with Crippen molar-refractivity contribution in [3.8, 4) is 11.5 Å². The highest BCUT2D eigenvalue weighted by Crippen LogP contribution is 2.20. The number of nitrogens with zero attached hydrogens (tertiary/aromatic N) is 4.